The van der Waals surface area contributed by atoms with E-state index in [9.17, 15) is 4.79 Å². The first kappa shape index (κ1) is 27.4. The fourth-order valence-corrected chi connectivity index (χ4v) is 6.45. The van der Waals surface area contributed by atoms with Gasteiger partial charge in [0.1, 0.15) is 6.10 Å². The van der Waals surface area contributed by atoms with Gasteiger partial charge in [-0.2, -0.15) is 0 Å². The summed E-state index contributed by atoms with van der Waals surface area (Å²) in [6.07, 6.45) is 8.54. The summed E-state index contributed by atoms with van der Waals surface area (Å²) in [5.74, 6) is 0.920. The average molecular weight is 618 g/mol. The van der Waals surface area contributed by atoms with E-state index in [0.29, 0.717) is 40.5 Å². The minimum Gasteiger partial charge on any atom is -0.469 e. The lowest BCUT2D eigenvalue weighted by Crippen LogP contribution is -2.56. The van der Waals surface area contributed by atoms with Crippen LogP contribution in [0.25, 0.3) is 0 Å². The van der Waals surface area contributed by atoms with Gasteiger partial charge in [0.2, 0.25) is 5.88 Å². The third-order valence-corrected chi connectivity index (χ3v) is 9.11. The summed E-state index contributed by atoms with van der Waals surface area (Å²) in [6, 6.07) is 14.2. The van der Waals surface area contributed by atoms with Crippen LogP contribution < -0.4 is 4.74 Å². The van der Waals surface area contributed by atoms with Crippen molar-refractivity contribution in [3.8, 4) is 5.88 Å². The van der Waals surface area contributed by atoms with Gasteiger partial charge in [-0.15, -0.1) is 0 Å². The molecule has 2 saturated heterocycles. The van der Waals surface area contributed by atoms with E-state index >= 15 is 0 Å². The van der Waals surface area contributed by atoms with Gasteiger partial charge < -0.3 is 9.64 Å². The minimum absolute atomic E-state index is 0.0442. The molecule has 1 amide bonds. The van der Waals surface area contributed by atoms with E-state index in [2.05, 4.69) is 62.0 Å². The van der Waals surface area contributed by atoms with Gasteiger partial charge in [0.25, 0.3) is 5.91 Å². The van der Waals surface area contributed by atoms with Crippen LogP contribution in [0.2, 0.25) is 10.0 Å². The molecule has 0 saturated carbocycles. The van der Waals surface area contributed by atoms with Crippen molar-refractivity contribution in [3.63, 3.8) is 0 Å². The lowest BCUT2D eigenvalue weighted by atomic mass is 9.82. The van der Waals surface area contributed by atoms with E-state index in [1.165, 1.54) is 18.0 Å². The minimum atomic E-state index is -0.118. The van der Waals surface area contributed by atoms with Crippen LogP contribution in [0.3, 0.4) is 0 Å². The number of hydrogen-bond donors (Lipinski definition) is 0. The molecular weight excluding hydrogens is 587 g/mol. The molecule has 2 fully saturated rings. The van der Waals surface area contributed by atoms with Gasteiger partial charge >= 0.3 is 0 Å². The molecule has 3 aromatic rings. The van der Waals surface area contributed by atoms with E-state index in [1.807, 2.05) is 23.1 Å². The van der Waals surface area contributed by atoms with Crippen LogP contribution in [0.15, 0.2) is 65.5 Å². The first-order valence-corrected chi connectivity index (χ1v) is 14.6. The third kappa shape index (κ3) is 6.01. The van der Waals surface area contributed by atoms with Crippen molar-refractivity contribution in [2.45, 2.75) is 44.2 Å². The van der Waals surface area contributed by atoms with Gasteiger partial charge in [-0.25, -0.2) is 4.98 Å². The van der Waals surface area contributed by atoms with E-state index < -0.39 is 0 Å². The van der Waals surface area contributed by atoms with Crippen LogP contribution in [0.1, 0.15) is 54.6 Å². The Bertz CT molecular complexity index is 1220. The monoisotopic (exact) mass is 616 g/mol. The second-order valence-electron chi connectivity index (χ2n) is 10.3. The molecule has 4 heterocycles. The zero-order valence-corrected chi connectivity index (χ0v) is 24.4. The summed E-state index contributed by atoms with van der Waals surface area (Å²) in [6.45, 7) is 5.67. The third-order valence-electron chi connectivity index (χ3n) is 8.01. The number of hydrogen-bond acceptors (Lipinski definition) is 5. The van der Waals surface area contributed by atoms with Gasteiger partial charge in [-0.1, -0.05) is 57.3 Å². The molecular formula is C29H31BrCl2N4O2. The van der Waals surface area contributed by atoms with E-state index in [0.717, 1.165) is 43.2 Å². The number of piperidine rings is 2. The highest BCUT2D eigenvalue weighted by atomic mass is 79.9. The topological polar surface area (TPSA) is 58.6 Å². The molecule has 6 nitrogen and oxygen atoms in total. The fraction of sp³-hybridized carbons (Fsp3) is 0.414. The second kappa shape index (κ2) is 11.9. The number of halogens is 3. The van der Waals surface area contributed by atoms with Gasteiger partial charge in [-0.05, 0) is 69.5 Å². The molecule has 5 rings (SSSR count). The first-order valence-electron chi connectivity index (χ1n) is 13.0. The summed E-state index contributed by atoms with van der Waals surface area (Å²) in [5, 5.41) is 0.595. The van der Waals surface area contributed by atoms with Crippen molar-refractivity contribution in [1.82, 2.24) is 19.8 Å². The molecule has 0 bridgehead atoms. The molecule has 9 heteroatoms. The number of carbonyl (C=O) groups excluding carboxylic acids is 1. The Morgan fingerprint density at radius 2 is 1.68 bits per heavy atom. The van der Waals surface area contributed by atoms with Crippen LogP contribution >= 0.6 is 39.1 Å². The van der Waals surface area contributed by atoms with E-state index in [1.54, 1.807) is 6.20 Å². The number of benzene rings is 1. The maximum absolute atomic E-state index is 13.1. The molecule has 1 unspecified atom stereocenters. The Morgan fingerprint density at radius 1 is 1.03 bits per heavy atom. The Kier molecular flexibility index (Phi) is 8.58. The van der Waals surface area contributed by atoms with E-state index in [-0.39, 0.29) is 17.6 Å². The van der Waals surface area contributed by atoms with Crippen LogP contribution in [-0.4, -0.2) is 57.4 Å². The summed E-state index contributed by atoms with van der Waals surface area (Å²) >= 11 is 16.0. The van der Waals surface area contributed by atoms with Crippen molar-refractivity contribution in [2.24, 2.45) is 5.92 Å². The predicted octanol–water partition coefficient (Wildman–Crippen LogP) is 7.07. The standard InChI is InChI=1S/C29H31BrCl2N4O2/c1-29(11-16-35(17-12-29)28(37)26-23(31)18-33-19-24(26)32)36-14-9-21(10-15-36)27(20-5-7-22(30)8-6-20)38-25-4-2-3-13-34-25/h2-8,13,18-19,21,27H,9-12,14-17H2,1H3. The zero-order valence-electron chi connectivity index (χ0n) is 21.3. The molecule has 0 N–H and O–H groups in total. The Morgan fingerprint density at radius 3 is 2.29 bits per heavy atom. The predicted molar refractivity (Wildman–Crippen MR) is 154 cm³/mol. The molecule has 1 aromatic carbocycles. The van der Waals surface area contributed by atoms with Crippen molar-refractivity contribution >= 4 is 45.0 Å². The van der Waals surface area contributed by atoms with Crippen molar-refractivity contribution in [1.29, 1.82) is 0 Å². The van der Waals surface area contributed by atoms with Crippen LogP contribution in [0.4, 0.5) is 0 Å². The van der Waals surface area contributed by atoms with Gasteiger partial charge in [0.15, 0.2) is 0 Å². The number of pyridine rings is 2. The SMILES string of the molecule is CC1(N2CCC(C(Oc3ccccn3)c3ccc(Br)cc3)CC2)CCN(C(=O)c2c(Cl)cncc2Cl)CC1. The molecule has 200 valence electrons. The summed E-state index contributed by atoms with van der Waals surface area (Å²) in [7, 11) is 0. The number of nitrogens with zero attached hydrogens (tertiary/aromatic N) is 4. The molecule has 2 aliphatic rings. The highest BCUT2D eigenvalue weighted by Gasteiger charge is 2.40. The first-order chi connectivity index (χ1) is 18.3. The molecule has 0 aliphatic carbocycles. The van der Waals surface area contributed by atoms with Gasteiger partial charge in [-0.3, -0.25) is 14.7 Å². The van der Waals surface area contributed by atoms with E-state index in [4.69, 9.17) is 27.9 Å². The largest absolute Gasteiger partial charge is 0.469 e. The zero-order chi connectivity index (χ0) is 26.7. The normalized spacial score (nSPS) is 19.2. The second-order valence-corrected chi connectivity index (χ2v) is 12.1. The molecule has 1 atom stereocenters. The molecule has 0 spiro atoms. The van der Waals surface area contributed by atoms with Crippen LogP contribution in [0.5, 0.6) is 5.88 Å². The lowest BCUT2D eigenvalue weighted by molar-refractivity contribution is -0.00611. The smallest absolute Gasteiger partial charge is 0.257 e. The molecule has 2 aliphatic heterocycles. The number of carbonyl (C=O) groups is 1. The molecule has 0 radical (unpaired) electrons. The van der Waals surface area contributed by atoms with Crippen molar-refractivity contribution < 1.29 is 9.53 Å². The maximum Gasteiger partial charge on any atom is 0.257 e. The Balaban J connectivity index is 1.22. The number of aromatic nitrogens is 2. The number of ether oxygens (including phenoxy) is 1. The number of likely N-dealkylation sites (tertiary alicyclic amines) is 2. The summed E-state index contributed by atoms with van der Waals surface area (Å²) in [5.41, 5.74) is 1.56. The van der Waals surface area contributed by atoms with Gasteiger partial charge in [0, 0.05) is 53.7 Å². The highest BCUT2D eigenvalue weighted by Crippen LogP contribution is 2.39. The van der Waals surface area contributed by atoms with Crippen LogP contribution in [0, 0.1) is 5.92 Å². The average Bonchev–Trinajstić information content (AvgIpc) is 2.93. The fourth-order valence-electron chi connectivity index (χ4n) is 5.66. The van der Waals surface area contributed by atoms with Crippen LogP contribution in [-0.2, 0) is 0 Å². The quantitative estimate of drug-likeness (QED) is 0.296. The maximum atomic E-state index is 13.1. The highest BCUT2D eigenvalue weighted by molar-refractivity contribution is 9.10. The number of amides is 1. The number of rotatable bonds is 6. The van der Waals surface area contributed by atoms with Crippen molar-refractivity contribution in [3.05, 3.63) is 86.7 Å². The summed E-state index contributed by atoms with van der Waals surface area (Å²) < 4.78 is 7.53. The lowest BCUT2D eigenvalue weighted by Gasteiger charge is -2.49. The van der Waals surface area contributed by atoms with Crippen molar-refractivity contribution in [2.75, 3.05) is 26.2 Å². The molecule has 38 heavy (non-hydrogen) atoms. The Labute approximate surface area is 242 Å². The Hall–Kier alpha value is -2.19. The van der Waals surface area contributed by atoms with Gasteiger partial charge in [0.05, 0.1) is 15.6 Å². The molecule has 2 aromatic heterocycles. The summed E-state index contributed by atoms with van der Waals surface area (Å²) in [4.78, 5) is 26.0.